The van der Waals surface area contributed by atoms with E-state index in [1.165, 1.54) is 42.4 Å². The van der Waals surface area contributed by atoms with E-state index in [-0.39, 0.29) is 23.9 Å². The average molecular weight is 482 g/mol. The minimum absolute atomic E-state index is 0.0479. The Bertz CT molecular complexity index is 1160. The number of nitrogens with one attached hydrogen (secondary N) is 1. The Balaban J connectivity index is 1.89. The van der Waals surface area contributed by atoms with Crippen molar-refractivity contribution in [2.24, 2.45) is 7.05 Å². The van der Waals surface area contributed by atoms with Crippen LogP contribution >= 0.6 is 11.8 Å². The smallest absolute Gasteiger partial charge is 0.311 e. The summed E-state index contributed by atoms with van der Waals surface area (Å²) in [6.07, 6.45) is -8.84. The lowest BCUT2D eigenvalue weighted by atomic mass is 10.1. The summed E-state index contributed by atoms with van der Waals surface area (Å²) in [6, 6.07) is 5.79. The number of rotatable bonds is 5. The van der Waals surface area contributed by atoms with E-state index in [4.69, 9.17) is 0 Å². The van der Waals surface area contributed by atoms with Gasteiger partial charge >= 0.3 is 12.4 Å². The Labute approximate surface area is 176 Å². The molecule has 2 aromatic carbocycles. The maximum Gasteiger partial charge on any atom is 0.416 e. The van der Waals surface area contributed by atoms with Crippen molar-refractivity contribution in [2.75, 3.05) is 4.72 Å². The maximum atomic E-state index is 13.0. The molecule has 6 nitrogen and oxygen atoms in total. The number of alkyl halides is 6. The molecule has 0 saturated heterocycles. The third-order valence-electron chi connectivity index (χ3n) is 3.86. The molecule has 0 bridgehead atoms. The van der Waals surface area contributed by atoms with Crippen LogP contribution in [0.2, 0.25) is 0 Å². The lowest BCUT2D eigenvalue weighted by Crippen LogP contribution is -2.17. The van der Waals surface area contributed by atoms with Crippen molar-refractivity contribution in [1.82, 2.24) is 14.8 Å². The van der Waals surface area contributed by atoms with Gasteiger partial charge in [-0.15, -0.1) is 10.2 Å². The molecule has 0 fully saturated rings. The van der Waals surface area contributed by atoms with Gasteiger partial charge < -0.3 is 4.57 Å². The number of hydrogen-bond donors (Lipinski definition) is 1. The van der Waals surface area contributed by atoms with E-state index in [9.17, 15) is 34.8 Å². The van der Waals surface area contributed by atoms with Gasteiger partial charge in [0.15, 0.2) is 5.16 Å². The quantitative estimate of drug-likeness (QED) is 0.529. The molecule has 0 aliphatic rings. The zero-order valence-corrected chi connectivity index (χ0v) is 17.0. The highest BCUT2D eigenvalue weighted by molar-refractivity contribution is 7.99. The van der Waals surface area contributed by atoms with E-state index in [1.807, 2.05) is 4.72 Å². The van der Waals surface area contributed by atoms with Crippen LogP contribution in [0.4, 0.5) is 32.0 Å². The van der Waals surface area contributed by atoms with Crippen molar-refractivity contribution >= 4 is 27.5 Å². The molecule has 166 valence electrons. The van der Waals surface area contributed by atoms with Gasteiger partial charge in [-0.3, -0.25) is 4.72 Å². The number of sulfonamides is 1. The summed E-state index contributed by atoms with van der Waals surface area (Å²) in [5, 5.41) is 8.13. The molecule has 0 saturated carbocycles. The summed E-state index contributed by atoms with van der Waals surface area (Å²) in [5.74, 6) is 0. The van der Waals surface area contributed by atoms with Gasteiger partial charge in [0.05, 0.1) is 16.0 Å². The molecule has 1 N–H and O–H groups in total. The normalized spacial score (nSPS) is 12.7. The van der Waals surface area contributed by atoms with Gasteiger partial charge in [0, 0.05) is 17.6 Å². The molecule has 14 heteroatoms. The number of aromatic nitrogens is 3. The molecule has 0 unspecified atom stereocenters. The molecule has 0 spiro atoms. The summed E-state index contributed by atoms with van der Waals surface area (Å²) < 4.78 is 106. The molecule has 3 aromatic rings. The van der Waals surface area contributed by atoms with Gasteiger partial charge in [-0.05, 0) is 54.2 Å². The van der Waals surface area contributed by atoms with Crippen molar-refractivity contribution in [3.8, 4) is 0 Å². The van der Waals surface area contributed by atoms with Gasteiger partial charge in [0.2, 0.25) is 0 Å². The predicted octanol–water partition coefficient (Wildman–Crippen LogP) is 4.80. The van der Waals surface area contributed by atoms with E-state index in [2.05, 4.69) is 10.2 Å². The first-order chi connectivity index (χ1) is 14.3. The zero-order chi connectivity index (χ0) is 23.0. The molecule has 0 radical (unpaired) electrons. The van der Waals surface area contributed by atoms with E-state index in [0.717, 1.165) is 0 Å². The molecular formula is C17H12F6N4O2S2. The van der Waals surface area contributed by atoms with Crippen molar-refractivity contribution in [3.63, 3.8) is 0 Å². The molecule has 1 aromatic heterocycles. The van der Waals surface area contributed by atoms with Gasteiger partial charge in [-0.25, -0.2) is 8.42 Å². The van der Waals surface area contributed by atoms with Crippen LogP contribution in [0.15, 0.2) is 63.7 Å². The van der Waals surface area contributed by atoms with E-state index in [0.29, 0.717) is 10.1 Å². The van der Waals surface area contributed by atoms with Crippen molar-refractivity contribution in [3.05, 3.63) is 59.9 Å². The fraction of sp³-hybridized carbons (Fsp3) is 0.176. The van der Waals surface area contributed by atoms with Gasteiger partial charge in [-0.1, -0.05) is 0 Å². The molecule has 1 heterocycles. The number of benzene rings is 2. The second kappa shape index (κ2) is 8.07. The van der Waals surface area contributed by atoms with Gasteiger partial charge in [0.25, 0.3) is 10.0 Å². The first kappa shape index (κ1) is 22.9. The van der Waals surface area contributed by atoms with E-state index >= 15 is 0 Å². The summed E-state index contributed by atoms with van der Waals surface area (Å²) in [7, 11) is -3.01. The zero-order valence-electron chi connectivity index (χ0n) is 15.4. The van der Waals surface area contributed by atoms with Crippen molar-refractivity contribution in [2.45, 2.75) is 27.3 Å². The van der Waals surface area contributed by atoms with Crippen molar-refractivity contribution < 1.29 is 34.8 Å². The monoisotopic (exact) mass is 482 g/mol. The van der Waals surface area contributed by atoms with Crippen LogP contribution in [0.5, 0.6) is 0 Å². The van der Waals surface area contributed by atoms with Crippen LogP contribution < -0.4 is 4.72 Å². The Morgan fingerprint density at radius 1 is 0.935 bits per heavy atom. The lowest BCUT2D eigenvalue weighted by molar-refractivity contribution is -0.143. The molecular weight excluding hydrogens is 470 g/mol. The highest BCUT2D eigenvalue weighted by atomic mass is 32.2. The van der Waals surface area contributed by atoms with E-state index in [1.54, 1.807) is 11.6 Å². The molecule has 0 aliphatic carbocycles. The summed E-state index contributed by atoms with van der Waals surface area (Å²) in [5.41, 5.74) is -3.50. The first-order valence-corrected chi connectivity index (χ1v) is 10.5. The van der Waals surface area contributed by atoms with Crippen LogP contribution in [-0.4, -0.2) is 23.2 Å². The largest absolute Gasteiger partial charge is 0.416 e. The average Bonchev–Trinajstić information content (AvgIpc) is 3.06. The maximum absolute atomic E-state index is 13.0. The summed E-state index contributed by atoms with van der Waals surface area (Å²) >= 11 is 1.22. The molecule has 0 amide bonds. The Kier molecular flexibility index (Phi) is 5.97. The van der Waals surface area contributed by atoms with Crippen molar-refractivity contribution in [1.29, 1.82) is 0 Å². The minimum Gasteiger partial charge on any atom is -0.311 e. The van der Waals surface area contributed by atoms with Crippen LogP contribution in [0.25, 0.3) is 0 Å². The topological polar surface area (TPSA) is 76.9 Å². The number of hydrogen-bond acceptors (Lipinski definition) is 5. The number of anilines is 1. The first-order valence-electron chi connectivity index (χ1n) is 8.20. The minimum atomic E-state index is -5.16. The highest BCUT2D eigenvalue weighted by Crippen LogP contribution is 2.37. The molecule has 0 atom stereocenters. The fourth-order valence-electron chi connectivity index (χ4n) is 2.36. The summed E-state index contributed by atoms with van der Waals surface area (Å²) in [6.45, 7) is 0. The Morgan fingerprint density at radius 2 is 1.48 bits per heavy atom. The third-order valence-corrected chi connectivity index (χ3v) is 6.28. The number of nitrogens with zero attached hydrogens (tertiary/aromatic N) is 3. The SMILES string of the molecule is Cn1cnnc1Sc1ccc(NS(=O)(=O)c2cc(C(F)(F)F)cc(C(F)(F)F)c2)cc1. The molecule has 0 aliphatic heterocycles. The second-order valence-electron chi connectivity index (χ2n) is 6.20. The number of aryl methyl sites for hydroxylation is 1. The Hall–Kier alpha value is -2.74. The Morgan fingerprint density at radius 3 is 1.94 bits per heavy atom. The van der Waals surface area contributed by atoms with Gasteiger partial charge in [-0.2, -0.15) is 26.3 Å². The lowest BCUT2D eigenvalue weighted by Gasteiger charge is -2.15. The van der Waals surface area contributed by atoms with Crippen LogP contribution in [0, 0.1) is 0 Å². The highest BCUT2D eigenvalue weighted by Gasteiger charge is 2.38. The van der Waals surface area contributed by atoms with Crippen LogP contribution in [0.3, 0.4) is 0 Å². The van der Waals surface area contributed by atoms with Gasteiger partial charge in [0.1, 0.15) is 6.33 Å². The predicted molar refractivity (Wildman–Crippen MR) is 98.8 cm³/mol. The summed E-state index contributed by atoms with van der Waals surface area (Å²) in [4.78, 5) is -0.510. The number of halogens is 6. The fourth-order valence-corrected chi connectivity index (χ4v) is 4.25. The molecule has 3 rings (SSSR count). The van der Waals surface area contributed by atoms with Crippen LogP contribution in [-0.2, 0) is 29.4 Å². The third kappa shape index (κ3) is 5.50. The van der Waals surface area contributed by atoms with E-state index < -0.39 is 38.4 Å². The second-order valence-corrected chi connectivity index (χ2v) is 8.92. The standard InChI is InChI=1S/C17H12F6N4O2S2/c1-27-9-24-25-15(27)30-13-4-2-12(3-5-13)26-31(28,29)14-7-10(16(18,19)20)6-11(8-14)17(21,22)23/h2-9,26H,1H3. The molecule has 31 heavy (non-hydrogen) atoms. The van der Waals surface area contributed by atoms with Crippen LogP contribution in [0.1, 0.15) is 11.1 Å².